The summed E-state index contributed by atoms with van der Waals surface area (Å²) in [7, 11) is 0. The molecule has 1 aromatic carbocycles. The molecule has 0 aromatic heterocycles. The van der Waals surface area contributed by atoms with Crippen molar-refractivity contribution in [2.75, 3.05) is 0 Å². The molecule has 0 spiro atoms. The Morgan fingerprint density at radius 3 is 2.47 bits per heavy atom. The Morgan fingerprint density at radius 1 is 1.06 bits per heavy atom. The highest BCUT2D eigenvalue weighted by atomic mass is 16.6. The lowest BCUT2D eigenvalue weighted by Gasteiger charge is -2.19. The van der Waals surface area contributed by atoms with Crippen molar-refractivity contribution < 1.29 is 9.53 Å². The maximum absolute atomic E-state index is 12.1. The van der Waals surface area contributed by atoms with Gasteiger partial charge in [-0.2, -0.15) is 0 Å². The number of hydrogen-bond acceptors (Lipinski definition) is 2. The summed E-state index contributed by atoms with van der Waals surface area (Å²) in [6.07, 6.45) is 6.49. The van der Waals surface area contributed by atoms with Crippen molar-refractivity contribution in [2.24, 2.45) is 5.92 Å². The van der Waals surface area contributed by atoms with Crippen molar-refractivity contribution >= 4 is 5.78 Å². The second-order valence-corrected chi connectivity index (χ2v) is 5.15. The summed E-state index contributed by atoms with van der Waals surface area (Å²) in [4.78, 5) is 12.1. The molecule has 90 valence electrons. The second kappa shape index (κ2) is 4.61. The van der Waals surface area contributed by atoms with Crippen LogP contribution in [0.25, 0.3) is 0 Å². The SMILES string of the molecule is O=C(c1ccccc1)[C@H]1O[C@@H]1C1CCCCC1. The molecular formula is C15H18O2. The van der Waals surface area contributed by atoms with Gasteiger partial charge in [0.1, 0.15) is 6.10 Å². The van der Waals surface area contributed by atoms with E-state index in [1.165, 1.54) is 32.1 Å². The van der Waals surface area contributed by atoms with Crippen LogP contribution >= 0.6 is 0 Å². The molecule has 2 fully saturated rings. The highest BCUT2D eigenvalue weighted by Crippen LogP contribution is 2.39. The third kappa shape index (κ3) is 2.27. The summed E-state index contributed by atoms with van der Waals surface area (Å²) in [6.45, 7) is 0. The molecule has 1 aliphatic carbocycles. The first-order valence-corrected chi connectivity index (χ1v) is 6.61. The molecule has 2 atom stereocenters. The monoisotopic (exact) mass is 230 g/mol. The number of epoxide rings is 1. The van der Waals surface area contributed by atoms with Gasteiger partial charge in [-0.15, -0.1) is 0 Å². The molecule has 1 saturated heterocycles. The van der Waals surface area contributed by atoms with E-state index in [2.05, 4.69) is 0 Å². The normalized spacial score (nSPS) is 28.9. The van der Waals surface area contributed by atoms with Gasteiger partial charge in [-0.1, -0.05) is 49.6 Å². The minimum atomic E-state index is -0.152. The highest BCUT2D eigenvalue weighted by molar-refractivity contribution is 6.01. The van der Waals surface area contributed by atoms with Crippen LogP contribution in [-0.2, 0) is 4.74 Å². The van der Waals surface area contributed by atoms with Crippen molar-refractivity contribution in [3.05, 3.63) is 35.9 Å². The zero-order chi connectivity index (χ0) is 11.7. The Labute approximate surface area is 102 Å². The maximum atomic E-state index is 12.1. The minimum Gasteiger partial charge on any atom is -0.361 e. The van der Waals surface area contributed by atoms with E-state index < -0.39 is 0 Å². The van der Waals surface area contributed by atoms with E-state index in [1.807, 2.05) is 30.3 Å². The fourth-order valence-corrected chi connectivity index (χ4v) is 2.92. The molecular weight excluding hydrogens is 212 g/mol. The lowest BCUT2D eigenvalue weighted by atomic mass is 9.85. The Morgan fingerprint density at radius 2 is 1.76 bits per heavy atom. The molecule has 1 aliphatic heterocycles. The van der Waals surface area contributed by atoms with Crippen LogP contribution in [0.5, 0.6) is 0 Å². The van der Waals surface area contributed by atoms with Crippen molar-refractivity contribution in [1.82, 2.24) is 0 Å². The van der Waals surface area contributed by atoms with Gasteiger partial charge in [-0.3, -0.25) is 4.79 Å². The molecule has 17 heavy (non-hydrogen) atoms. The third-order valence-corrected chi connectivity index (χ3v) is 3.96. The summed E-state index contributed by atoms with van der Waals surface area (Å²) in [5, 5.41) is 0. The van der Waals surface area contributed by atoms with Gasteiger partial charge < -0.3 is 4.74 Å². The summed E-state index contributed by atoms with van der Waals surface area (Å²) in [5.41, 5.74) is 0.788. The molecule has 0 N–H and O–H groups in total. The maximum Gasteiger partial charge on any atom is 0.194 e. The second-order valence-electron chi connectivity index (χ2n) is 5.15. The zero-order valence-electron chi connectivity index (χ0n) is 9.97. The van der Waals surface area contributed by atoms with Crippen LogP contribution in [0.2, 0.25) is 0 Å². The first kappa shape index (κ1) is 11.0. The van der Waals surface area contributed by atoms with Crippen LogP contribution in [0, 0.1) is 5.92 Å². The van der Waals surface area contributed by atoms with E-state index in [9.17, 15) is 4.79 Å². The number of rotatable bonds is 3. The number of ketones is 1. The number of hydrogen-bond donors (Lipinski definition) is 0. The molecule has 0 radical (unpaired) electrons. The summed E-state index contributed by atoms with van der Waals surface area (Å²) < 4.78 is 5.62. The fourth-order valence-electron chi connectivity index (χ4n) is 2.92. The van der Waals surface area contributed by atoms with E-state index in [1.54, 1.807) is 0 Å². The minimum absolute atomic E-state index is 0.152. The predicted molar refractivity (Wildman–Crippen MR) is 66.0 cm³/mol. The van der Waals surface area contributed by atoms with Crippen LogP contribution < -0.4 is 0 Å². The number of Topliss-reactive ketones (excluding diaryl/α,β-unsaturated/α-hetero) is 1. The Hall–Kier alpha value is -1.15. The molecule has 0 bridgehead atoms. The number of ether oxygens (including phenoxy) is 1. The zero-order valence-corrected chi connectivity index (χ0v) is 9.97. The highest BCUT2D eigenvalue weighted by Gasteiger charge is 2.49. The topological polar surface area (TPSA) is 29.6 Å². The Balaban J connectivity index is 1.62. The van der Waals surface area contributed by atoms with Crippen molar-refractivity contribution in [1.29, 1.82) is 0 Å². The Kier molecular flexibility index (Phi) is 2.98. The van der Waals surface area contributed by atoms with Crippen LogP contribution in [0.1, 0.15) is 42.5 Å². The van der Waals surface area contributed by atoms with Gasteiger partial charge in [-0.05, 0) is 18.8 Å². The van der Waals surface area contributed by atoms with Crippen LogP contribution in [0.3, 0.4) is 0 Å². The lowest BCUT2D eigenvalue weighted by Crippen LogP contribution is -2.18. The van der Waals surface area contributed by atoms with Gasteiger partial charge in [0.25, 0.3) is 0 Å². The van der Waals surface area contributed by atoms with E-state index in [-0.39, 0.29) is 18.0 Å². The van der Waals surface area contributed by atoms with E-state index in [4.69, 9.17) is 4.74 Å². The van der Waals surface area contributed by atoms with E-state index in [0.717, 1.165) is 5.56 Å². The number of carbonyl (C=O) groups excluding carboxylic acids is 1. The molecule has 2 aliphatic rings. The molecule has 1 aromatic rings. The average Bonchev–Trinajstić information content (AvgIpc) is 3.20. The Bertz CT molecular complexity index is 393. The van der Waals surface area contributed by atoms with E-state index >= 15 is 0 Å². The lowest BCUT2D eigenvalue weighted by molar-refractivity contribution is 0.0953. The average molecular weight is 230 g/mol. The summed E-state index contributed by atoms with van der Waals surface area (Å²) in [5.74, 6) is 0.794. The van der Waals surface area contributed by atoms with Gasteiger partial charge >= 0.3 is 0 Å². The quantitative estimate of drug-likeness (QED) is 0.589. The molecule has 0 amide bonds. The summed E-state index contributed by atoms with van der Waals surface area (Å²) >= 11 is 0. The van der Waals surface area contributed by atoms with Crippen molar-refractivity contribution in [3.63, 3.8) is 0 Å². The van der Waals surface area contributed by atoms with Crippen LogP contribution in [0.15, 0.2) is 30.3 Å². The third-order valence-electron chi connectivity index (χ3n) is 3.96. The van der Waals surface area contributed by atoms with Gasteiger partial charge in [0.05, 0.1) is 6.10 Å². The van der Waals surface area contributed by atoms with E-state index in [0.29, 0.717) is 5.92 Å². The predicted octanol–water partition coefficient (Wildman–Crippen LogP) is 3.22. The van der Waals surface area contributed by atoms with Gasteiger partial charge in [-0.25, -0.2) is 0 Å². The van der Waals surface area contributed by atoms with Crippen molar-refractivity contribution in [3.8, 4) is 0 Å². The molecule has 0 unspecified atom stereocenters. The summed E-state index contributed by atoms with van der Waals surface area (Å²) in [6, 6.07) is 9.50. The van der Waals surface area contributed by atoms with Gasteiger partial charge in [0.15, 0.2) is 5.78 Å². The van der Waals surface area contributed by atoms with Gasteiger partial charge in [0.2, 0.25) is 0 Å². The molecule has 3 rings (SSSR count). The van der Waals surface area contributed by atoms with Crippen molar-refractivity contribution in [2.45, 2.75) is 44.3 Å². The number of carbonyl (C=O) groups is 1. The number of benzene rings is 1. The molecule has 2 heteroatoms. The van der Waals surface area contributed by atoms with Crippen LogP contribution in [0.4, 0.5) is 0 Å². The van der Waals surface area contributed by atoms with Crippen LogP contribution in [-0.4, -0.2) is 18.0 Å². The molecule has 1 saturated carbocycles. The molecule has 2 nitrogen and oxygen atoms in total. The first-order chi connectivity index (χ1) is 8.36. The fraction of sp³-hybridized carbons (Fsp3) is 0.533. The standard InChI is InChI=1S/C15H18O2/c16-13(11-7-3-1-4-8-11)15-14(17-15)12-9-5-2-6-10-12/h1,3-4,7-8,12,14-15H,2,5-6,9-10H2/t14-,15-/m1/s1. The molecule has 1 heterocycles. The first-order valence-electron chi connectivity index (χ1n) is 6.61. The largest absolute Gasteiger partial charge is 0.361 e. The smallest absolute Gasteiger partial charge is 0.194 e. The van der Waals surface area contributed by atoms with Gasteiger partial charge in [0, 0.05) is 5.56 Å².